The van der Waals surface area contributed by atoms with Crippen LogP contribution in [0.5, 0.6) is 0 Å². The lowest BCUT2D eigenvalue weighted by Crippen LogP contribution is -2.15. The maximum atomic E-state index is 13.4. The average molecular weight is 256 g/mol. The highest BCUT2D eigenvalue weighted by atomic mass is 19.1. The molecule has 0 fully saturated rings. The fourth-order valence-electron chi connectivity index (χ4n) is 1.76. The van der Waals surface area contributed by atoms with Crippen molar-refractivity contribution in [3.05, 3.63) is 54.4 Å². The standard InChI is InChI=1S/C13H9FN4O/c14-9-2-1-5-15-12(9)13(19)18-8-3-4-10-11(6-8)17-7-16-10/h1-7H,(H,16,17)(H,18,19). The number of hydrogen-bond donors (Lipinski definition) is 2. The molecule has 19 heavy (non-hydrogen) atoms. The van der Waals surface area contributed by atoms with E-state index in [4.69, 9.17) is 0 Å². The molecule has 0 radical (unpaired) electrons. The Morgan fingerprint density at radius 3 is 3.00 bits per heavy atom. The number of carbonyl (C=O) groups is 1. The number of rotatable bonds is 2. The van der Waals surface area contributed by atoms with E-state index >= 15 is 0 Å². The Balaban J connectivity index is 1.88. The van der Waals surface area contributed by atoms with Crippen molar-refractivity contribution < 1.29 is 9.18 Å². The van der Waals surface area contributed by atoms with E-state index in [0.717, 1.165) is 11.0 Å². The van der Waals surface area contributed by atoms with Gasteiger partial charge in [-0.3, -0.25) is 4.79 Å². The van der Waals surface area contributed by atoms with Gasteiger partial charge in [0, 0.05) is 11.9 Å². The zero-order chi connectivity index (χ0) is 13.2. The number of nitrogens with one attached hydrogen (secondary N) is 2. The van der Waals surface area contributed by atoms with E-state index in [1.807, 2.05) is 0 Å². The van der Waals surface area contributed by atoms with Crippen LogP contribution in [-0.2, 0) is 0 Å². The number of H-pyrrole nitrogens is 1. The maximum Gasteiger partial charge on any atom is 0.277 e. The van der Waals surface area contributed by atoms with Crippen LogP contribution in [-0.4, -0.2) is 20.9 Å². The number of pyridine rings is 1. The highest BCUT2D eigenvalue weighted by Gasteiger charge is 2.13. The van der Waals surface area contributed by atoms with E-state index in [2.05, 4.69) is 20.3 Å². The van der Waals surface area contributed by atoms with Gasteiger partial charge in [-0.2, -0.15) is 0 Å². The van der Waals surface area contributed by atoms with Crippen LogP contribution in [0.15, 0.2) is 42.9 Å². The predicted octanol–water partition coefficient (Wildman–Crippen LogP) is 2.35. The van der Waals surface area contributed by atoms with Crippen LogP contribution in [0.25, 0.3) is 11.0 Å². The smallest absolute Gasteiger partial charge is 0.277 e. The number of aromatic nitrogens is 3. The molecule has 2 aromatic heterocycles. The molecule has 0 atom stereocenters. The molecule has 0 saturated carbocycles. The third-order valence-electron chi connectivity index (χ3n) is 2.65. The van der Waals surface area contributed by atoms with Crippen molar-refractivity contribution >= 4 is 22.6 Å². The number of aromatic amines is 1. The molecule has 3 rings (SSSR count). The molecule has 2 heterocycles. The molecule has 0 bridgehead atoms. The van der Waals surface area contributed by atoms with Crippen molar-refractivity contribution in [2.45, 2.75) is 0 Å². The summed E-state index contributed by atoms with van der Waals surface area (Å²) < 4.78 is 13.4. The summed E-state index contributed by atoms with van der Waals surface area (Å²) in [5.74, 6) is -1.24. The first-order valence-corrected chi connectivity index (χ1v) is 5.59. The summed E-state index contributed by atoms with van der Waals surface area (Å²) in [5, 5.41) is 2.59. The van der Waals surface area contributed by atoms with Crippen molar-refractivity contribution in [2.24, 2.45) is 0 Å². The Morgan fingerprint density at radius 1 is 1.26 bits per heavy atom. The van der Waals surface area contributed by atoms with E-state index in [1.54, 1.807) is 24.5 Å². The average Bonchev–Trinajstić information content (AvgIpc) is 2.86. The monoisotopic (exact) mass is 256 g/mol. The molecular weight excluding hydrogens is 247 g/mol. The molecule has 0 aliphatic heterocycles. The van der Waals surface area contributed by atoms with Crippen LogP contribution in [0.2, 0.25) is 0 Å². The molecule has 0 aliphatic carbocycles. The minimum Gasteiger partial charge on any atom is -0.345 e. The first-order chi connectivity index (χ1) is 9.24. The van der Waals surface area contributed by atoms with Gasteiger partial charge in [0.05, 0.1) is 17.4 Å². The summed E-state index contributed by atoms with van der Waals surface area (Å²) in [7, 11) is 0. The summed E-state index contributed by atoms with van der Waals surface area (Å²) in [4.78, 5) is 22.6. The van der Waals surface area contributed by atoms with Crippen LogP contribution >= 0.6 is 0 Å². The molecule has 0 aliphatic rings. The summed E-state index contributed by atoms with van der Waals surface area (Å²) in [5.41, 5.74) is 1.90. The summed E-state index contributed by atoms with van der Waals surface area (Å²) in [6, 6.07) is 7.81. The molecule has 5 nitrogen and oxygen atoms in total. The minimum atomic E-state index is -0.650. The minimum absolute atomic E-state index is 0.229. The second kappa shape index (κ2) is 4.49. The lowest BCUT2D eigenvalue weighted by atomic mass is 10.2. The number of imidazole rings is 1. The van der Waals surface area contributed by atoms with Gasteiger partial charge in [-0.05, 0) is 30.3 Å². The molecule has 94 valence electrons. The van der Waals surface area contributed by atoms with Gasteiger partial charge in [-0.25, -0.2) is 14.4 Å². The topological polar surface area (TPSA) is 70.7 Å². The first-order valence-electron chi connectivity index (χ1n) is 5.59. The van der Waals surface area contributed by atoms with Crippen molar-refractivity contribution in [1.29, 1.82) is 0 Å². The molecule has 2 N–H and O–H groups in total. The summed E-state index contributed by atoms with van der Waals surface area (Å²) in [6.07, 6.45) is 2.94. The predicted molar refractivity (Wildman–Crippen MR) is 68.2 cm³/mol. The quantitative estimate of drug-likeness (QED) is 0.739. The lowest BCUT2D eigenvalue weighted by molar-refractivity contribution is 0.101. The normalized spacial score (nSPS) is 10.6. The lowest BCUT2D eigenvalue weighted by Gasteiger charge is -2.05. The Labute approximate surface area is 107 Å². The molecule has 1 aromatic carbocycles. The van der Waals surface area contributed by atoms with Crippen molar-refractivity contribution in [3.63, 3.8) is 0 Å². The van der Waals surface area contributed by atoms with Crippen molar-refractivity contribution in [2.75, 3.05) is 5.32 Å². The number of carbonyl (C=O) groups excluding carboxylic acids is 1. The number of fused-ring (bicyclic) bond motifs is 1. The zero-order valence-corrected chi connectivity index (χ0v) is 9.72. The van der Waals surface area contributed by atoms with E-state index < -0.39 is 11.7 Å². The van der Waals surface area contributed by atoms with Gasteiger partial charge in [0.2, 0.25) is 0 Å². The van der Waals surface area contributed by atoms with E-state index in [-0.39, 0.29) is 5.69 Å². The molecule has 0 spiro atoms. The van der Waals surface area contributed by atoms with Crippen LogP contribution in [0.4, 0.5) is 10.1 Å². The number of anilines is 1. The van der Waals surface area contributed by atoms with Crippen molar-refractivity contribution in [3.8, 4) is 0 Å². The number of amides is 1. The number of nitrogens with zero attached hydrogens (tertiary/aromatic N) is 2. The van der Waals surface area contributed by atoms with Crippen molar-refractivity contribution in [1.82, 2.24) is 15.0 Å². The third kappa shape index (κ3) is 2.15. The van der Waals surface area contributed by atoms with Gasteiger partial charge in [-0.15, -0.1) is 0 Å². The molecule has 6 heteroatoms. The van der Waals surface area contributed by atoms with Gasteiger partial charge in [0.1, 0.15) is 0 Å². The van der Waals surface area contributed by atoms with Gasteiger partial charge in [0.25, 0.3) is 5.91 Å². The van der Waals surface area contributed by atoms with Crippen LogP contribution in [0, 0.1) is 5.82 Å². The molecule has 0 saturated heterocycles. The zero-order valence-electron chi connectivity index (χ0n) is 9.72. The van der Waals surface area contributed by atoms with E-state index in [1.165, 1.54) is 18.3 Å². The number of halogens is 1. The van der Waals surface area contributed by atoms with E-state index in [9.17, 15) is 9.18 Å². The maximum absolute atomic E-state index is 13.4. The summed E-state index contributed by atoms with van der Waals surface area (Å²) in [6.45, 7) is 0. The Kier molecular flexibility index (Phi) is 2.68. The first kappa shape index (κ1) is 11.3. The van der Waals surface area contributed by atoms with Crippen LogP contribution in [0.3, 0.4) is 0 Å². The second-order valence-corrected chi connectivity index (χ2v) is 3.92. The highest BCUT2D eigenvalue weighted by Crippen LogP contribution is 2.16. The summed E-state index contributed by atoms with van der Waals surface area (Å²) >= 11 is 0. The SMILES string of the molecule is O=C(Nc1ccc2nc[nH]c2c1)c1ncccc1F. The molecule has 1 amide bonds. The number of benzene rings is 1. The molecular formula is C13H9FN4O. The van der Waals surface area contributed by atoms with Gasteiger partial charge < -0.3 is 10.3 Å². The van der Waals surface area contributed by atoms with Gasteiger partial charge >= 0.3 is 0 Å². The fraction of sp³-hybridized carbons (Fsp3) is 0. The van der Waals surface area contributed by atoms with E-state index in [0.29, 0.717) is 5.69 Å². The Hall–Kier alpha value is -2.76. The van der Waals surface area contributed by atoms with Crippen LogP contribution in [0.1, 0.15) is 10.5 Å². The van der Waals surface area contributed by atoms with Gasteiger partial charge in [-0.1, -0.05) is 0 Å². The second-order valence-electron chi connectivity index (χ2n) is 3.92. The number of hydrogen-bond acceptors (Lipinski definition) is 3. The Morgan fingerprint density at radius 2 is 2.16 bits per heavy atom. The fourth-order valence-corrected chi connectivity index (χ4v) is 1.76. The third-order valence-corrected chi connectivity index (χ3v) is 2.65. The Bertz CT molecular complexity index is 753. The van der Waals surface area contributed by atoms with Gasteiger partial charge in [0.15, 0.2) is 11.5 Å². The molecule has 3 aromatic rings. The molecule has 0 unspecified atom stereocenters. The highest BCUT2D eigenvalue weighted by molar-refractivity contribution is 6.03. The largest absolute Gasteiger partial charge is 0.345 e. The van der Waals surface area contributed by atoms with Crippen LogP contribution < -0.4 is 5.32 Å².